The first-order valence-electron chi connectivity index (χ1n) is 11.9. The van der Waals surface area contributed by atoms with Gasteiger partial charge < -0.3 is 13.9 Å². The average molecular weight is 488 g/mol. The number of ether oxygens (including phenoxy) is 2. The SMILES string of the molecule is COc1ccc(-c2cc(=Nc3ccc(OC(=O)C=Cc4ccccc4)cc3)c3cc(C)ccc3o2)cc1. The zero-order valence-electron chi connectivity index (χ0n) is 20.5. The van der Waals surface area contributed by atoms with Gasteiger partial charge in [0.05, 0.1) is 18.2 Å². The fourth-order valence-corrected chi connectivity index (χ4v) is 3.88. The van der Waals surface area contributed by atoms with Gasteiger partial charge in [-0.25, -0.2) is 9.79 Å². The summed E-state index contributed by atoms with van der Waals surface area (Å²) in [6.07, 6.45) is 3.14. The maximum absolute atomic E-state index is 12.2. The molecule has 5 rings (SSSR count). The Bertz CT molecular complexity index is 1630. The van der Waals surface area contributed by atoms with E-state index in [4.69, 9.17) is 18.9 Å². The van der Waals surface area contributed by atoms with Gasteiger partial charge in [-0.2, -0.15) is 0 Å². The van der Waals surface area contributed by atoms with Crippen LogP contribution in [0.5, 0.6) is 11.5 Å². The second-order valence-electron chi connectivity index (χ2n) is 8.49. The van der Waals surface area contributed by atoms with E-state index in [1.807, 2.05) is 91.9 Å². The molecular weight excluding hydrogens is 462 g/mol. The first-order chi connectivity index (χ1) is 18.1. The molecule has 0 atom stereocenters. The van der Waals surface area contributed by atoms with E-state index in [0.29, 0.717) is 11.5 Å². The normalized spacial score (nSPS) is 11.7. The van der Waals surface area contributed by atoms with Crippen LogP contribution in [0.1, 0.15) is 11.1 Å². The van der Waals surface area contributed by atoms with Gasteiger partial charge in [-0.05, 0) is 79.2 Å². The predicted molar refractivity (Wildman–Crippen MR) is 146 cm³/mol. The molecule has 0 radical (unpaired) electrons. The molecule has 5 nitrogen and oxygen atoms in total. The van der Waals surface area contributed by atoms with Gasteiger partial charge in [-0.1, -0.05) is 42.0 Å². The molecule has 0 aliphatic carbocycles. The van der Waals surface area contributed by atoms with Crippen molar-refractivity contribution in [2.75, 3.05) is 7.11 Å². The number of carbonyl (C=O) groups excluding carboxylic acids is 1. The van der Waals surface area contributed by atoms with Crippen LogP contribution in [0, 0.1) is 6.92 Å². The number of hydrogen-bond donors (Lipinski definition) is 0. The van der Waals surface area contributed by atoms with E-state index in [-0.39, 0.29) is 0 Å². The third kappa shape index (κ3) is 5.85. The number of benzene rings is 4. The topological polar surface area (TPSA) is 61.0 Å². The zero-order valence-corrected chi connectivity index (χ0v) is 20.5. The van der Waals surface area contributed by atoms with Crippen molar-refractivity contribution >= 4 is 28.7 Å². The van der Waals surface area contributed by atoms with E-state index >= 15 is 0 Å². The molecule has 0 unspecified atom stereocenters. The standard InChI is InChI=1S/C32H25NO4/c1-22-8-18-30-28(20-22)29(21-31(37-30)24-10-14-26(35-2)15-11-24)33-25-12-16-27(17-13-25)36-32(34)19-9-23-6-4-3-5-7-23/h3-21H,1-2H3. The van der Waals surface area contributed by atoms with Crippen molar-refractivity contribution in [1.82, 2.24) is 0 Å². The van der Waals surface area contributed by atoms with Crippen molar-refractivity contribution in [3.63, 3.8) is 0 Å². The third-order valence-electron chi connectivity index (χ3n) is 5.79. The molecule has 0 spiro atoms. The van der Waals surface area contributed by atoms with Crippen LogP contribution in [-0.4, -0.2) is 13.1 Å². The van der Waals surface area contributed by atoms with Gasteiger partial charge in [-0.15, -0.1) is 0 Å². The first-order valence-corrected chi connectivity index (χ1v) is 11.9. The van der Waals surface area contributed by atoms with E-state index in [1.165, 1.54) is 6.08 Å². The maximum atomic E-state index is 12.2. The number of aryl methyl sites for hydroxylation is 1. The molecule has 4 aromatic carbocycles. The highest BCUT2D eigenvalue weighted by Gasteiger charge is 2.08. The fraction of sp³-hybridized carbons (Fsp3) is 0.0625. The quantitative estimate of drug-likeness (QED) is 0.144. The van der Waals surface area contributed by atoms with Crippen LogP contribution in [0.3, 0.4) is 0 Å². The summed E-state index contributed by atoms with van der Waals surface area (Å²) in [5, 5.41) is 1.70. The minimum Gasteiger partial charge on any atom is -0.497 e. The second kappa shape index (κ2) is 10.8. The lowest BCUT2D eigenvalue weighted by atomic mass is 10.1. The predicted octanol–water partition coefficient (Wildman–Crippen LogP) is 7.27. The molecule has 0 aliphatic heterocycles. The largest absolute Gasteiger partial charge is 0.497 e. The zero-order chi connectivity index (χ0) is 25.6. The highest BCUT2D eigenvalue weighted by molar-refractivity contribution is 5.88. The van der Waals surface area contributed by atoms with Crippen molar-refractivity contribution in [3.05, 3.63) is 126 Å². The summed E-state index contributed by atoms with van der Waals surface area (Å²) >= 11 is 0. The molecule has 5 heteroatoms. The minimum absolute atomic E-state index is 0.441. The molecule has 182 valence electrons. The summed E-state index contributed by atoms with van der Waals surface area (Å²) < 4.78 is 16.9. The van der Waals surface area contributed by atoms with Gasteiger partial charge in [-0.3, -0.25) is 0 Å². The number of methoxy groups -OCH3 is 1. The van der Waals surface area contributed by atoms with Gasteiger partial charge >= 0.3 is 5.97 Å². The molecule has 0 saturated carbocycles. The Morgan fingerprint density at radius 2 is 1.57 bits per heavy atom. The van der Waals surface area contributed by atoms with Gasteiger partial charge in [0.15, 0.2) is 0 Å². The molecule has 0 bridgehead atoms. The Hall–Kier alpha value is -4.90. The number of nitrogens with zero attached hydrogens (tertiary/aromatic N) is 1. The Morgan fingerprint density at radius 3 is 2.30 bits per heavy atom. The first kappa shape index (κ1) is 23.8. The number of fused-ring (bicyclic) bond motifs is 1. The van der Waals surface area contributed by atoms with Crippen molar-refractivity contribution in [1.29, 1.82) is 0 Å². The third-order valence-corrected chi connectivity index (χ3v) is 5.79. The van der Waals surface area contributed by atoms with Crippen LogP contribution >= 0.6 is 0 Å². The van der Waals surface area contributed by atoms with Gasteiger partial charge in [0.25, 0.3) is 0 Å². The molecule has 0 fully saturated rings. The van der Waals surface area contributed by atoms with Crippen LogP contribution in [0.2, 0.25) is 0 Å². The molecule has 1 aromatic heterocycles. The van der Waals surface area contributed by atoms with Crippen LogP contribution in [0.25, 0.3) is 28.4 Å². The number of esters is 1. The summed E-state index contributed by atoms with van der Waals surface area (Å²) in [6.45, 7) is 2.04. The highest BCUT2D eigenvalue weighted by Crippen LogP contribution is 2.26. The Balaban J connectivity index is 1.44. The van der Waals surface area contributed by atoms with Crippen LogP contribution in [0.15, 0.2) is 119 Å². The Morgan fingerprint density at radius 1 is 0.838 bits per heavy atom. The van der Waals surface area contributed by atoms with Gasteiger partial charge in [0, 0.05) is 23.1 Å². The van der Waals surface area contributed by atoms with Gasteiger partial charge in [0.1, 0.15) is 22.8 Å². The van der Waals surface area contributed by atoms with Crippen LogP contribution < -0.4 is 14.8 Å². The number of hydrogen-bond acceptors (Lipinski definition) is 5. The molecule has 0 amide bonds. The highest BCUT2D eigenvalue weighted by atomic mass is 16.5. The Kier molecular flexibility index (Phi) is 6.95. The van der Waals surface area contributed by atoms with E-state index in [2.05, 4.69) is 6.07 Å². The minimum atomic E-state index is -0.441. The molecular formula is C32H25NO4. The van der Waals surface area contributed by atoms with Crippen LogP contribution in [-0.2, 0) is 4.79 Å². The lowest BCUT2D eigenvalue weighted by molar-refractivity contribution is -0.128. The fourth-order valence-electron chi connectivity index (χ4n) is 3.88. The average Bonchev–Trinajstić information content (AvgIpc) is 2.94. The summed E-state index contributed by atoms with van der Waals surface area (Å²) in [7, 11) is 1.64. The smallest absolute Gasteiger partial charge is 0.336 e. The lowest BCUT2D eigenvalue weighted by Crippen LogP contribution is -2.04. The lowest BCUT2D eigenvalue weighted by Gasteiger charge is -2.07. The summed E-state index contributed by atoms with van der Waals surface area (Å²) in [5.74, 6) is 1.49. The van der Waals surface area contributed by atoms with E-state index in [1.54, 1.807) is 25.3 Å². The molecule has 37 heavy (non-hydrogen) atoms. The van der Waals surface area contributed by atoms with Crippen molar-refractivity contribution in [2.45, 2.75) is 6.92 Å². The van der Waals surface area contributed by atoms with E-state index in [0.717, 1.165) is 44.5 Å². The van der Waals surface area contributed by atoms with Crippen molar-refractivity contribution in [2.24, 2.45) is 4.99 Å². The van der Waals surface area contributed by atoms with Crippen molar-refractivity contribution < 1.29 is 18.7 Å². The maximum Gasteiger partial charge on any atom is 0.336 e. The van der Waals surface area contributed by atoms with E-state index < -0.39 is 5.97 Å². The molecule has 5 aromatic rings. The monoisotopic (exact) mass is 487 g/mol. The number of carbonyl (C=O) groups is 1. The summed E-state index contributed by atoms with van der Waals surface area (Å²) in [6, 6.07) is 32.4. The number of rotatable bonds is 6. The van der Waals surface area contributed by atoms with Crippen molar-refractivity contribution in [3.8, 4) is 22.8 Å². The second-order valence-corrected chi connectivity index (χ2v) is 8.49. The summed E-state index contributed by atoms with van der Waals surface area (Å²) in [5.41, 5.74) is 4.44. The molecule has 0 aliphatic rings. The Labute approximate surface area is 215 Å². The molecule has 0 saturated heterocycles. The van der Waals surface area contributed by atoms with Gasteiger partial charge in [0.2, 0.25) is 0 Å². The molecule has 0 N–H and O–H groups in total. The van der Waals surface area contributed by atoms with Crippen LogP contribution in [0.4, 0.5) is 5.69 Å². The molecule has 1 heterocycles. The van der Waals surface area contributed by atoms with E-state index in [9.17, 15) is 4.79 Å². The summed E-state index contributed by atoms with van der Waals surface area (Å²) in [4.78, 5) is 17.1.